The molecule has 0 aromatic heterocycles. The maximum Gasteiger partial charge on any atom is 0.222 e. The van der Waals surface area contributed by atoms with Gasteiger partial charge in [-0.25, -0.2) is 0 Å². The lowest BCUT2D eigenvalue weighted by Gasteiger charge is -2.35. The average Bonchev–Trinajstić information content (AvgIpc) is 2.46. The first kappa shape index (κ1) is 16.8. The average molecular weight is 296 g/mol. The van der Waals surface area contributed by atoms with Crippen molar-refractivity contribution in [1.29, 1.82) is 0 Å². The van der Waals surface area contributed by atoms with Gasteiger partial charge in [0.15, 0.2) is 0 Å². The summed E-state index contributed by atoms with van der Waals surface area (Å²) in [6.45, 7) is 7.48. The molecule has 2 aliphatic rings. The lowest BCUT2D eigenvalue weighted by molar-refractivity contribution is -0.127. The molecule has 1 saturated carbocycles. The largest absolute Gasteiger partial charge is 0.389 e. The van der Waals surface area contributed by atoms with Crippen LogP contribution in [-0.4, -0.2) is 47.2 Å². The van der Waals surface area contributed by atoms with Crippen LogP contribution < -0.4 is 5.32 Å². The molecule has 4 nitrogen and oxygen atoms in total. The van der Waals surface area contributed by atoms with E-state index in [0.29, 0.717) is 12.6 Å². The number of nitrogens with one attached hydrogen (secondary N) is 1. The Balaban J connectivity index is 1.68. The van der Waals surface area contributed by atoms with Gasteiger partial charge in [0.05, 0.1) is 12.0 Å². The minimum atomic E-state index is -0.744. The van der Waals surface area contributed by atoms with E-state index < -0.39 is 5.60 Å². The van der Waals surface area contributed by atoms with Gasteiger partial charge in [0.25, 0.3) is 0 Å². The van der Waals surface area contributed by atoms with E-state index in [4.69, 9.17) is 0 Å². The predicted octanol–water partition coefficient (Wildman–Crippen LogP) is 2.31. The van der Waals surface area contributed by atoms with Crippen LogP contribution in [0.1, 0.15) is 65.2 Å². The zero-order chi connectivity index (χ0) is 15.3. The molecule has 0 aromatic carbocycles. The summed E-state index contributed by atoms with van der Waals surface area (Å²) in [6, 6.07) is 0.391. The maximum atomic E-state index is 12.1. The first-order chi connectivity index (χ1) is 9.98. The molecule has 1 aliphatic carbocycles. The molecule has 0 spiro atoms. The van der Waals surface area contributed by atoms with Crippen molar-refractivity contribution in [3.8, 4) is 0 Å². The Morgan fingerprint density at radius 2 is 1.90 bits per heavy atom. The third-order valence-electron chi connectivity index (χ3n) is 5.31. The predicted molar refractivity (Wildman–Crippen MR) is 85.1 cm³/mol. The fourth-order valence-corrected chi connectivity index (χ4v) is 3.61. The fourth-order valence-electron chi connectivity index (χ4n) is 3.61. The summed E-state index contributed by atoms with van der Waals surface area (Å²) in [7, 11) is 0. The molecule has 21 heavy (non-hydrogen) atoms. The number of likely N-dealkylation sites (tertiary alicyclic amines) is 1. The minimum absolute atomic E-state index is 0.0108. The Labute approximate surface area is 129 Å². The highest BCUT2D eigenvalue weighted by molar-refractivity contribution is 5.77. The smallest absolute Gasteiger partial charge is 0.222 e. The molecule has 1 unspecified atom stereocenters. The number of hydrogen-bond acceptors (Lipinski definition) is 3. The monoisotopic (exact) mass is 296 g/mol. The van der Waals surface area contributed by atoms with E-state index >= 15 is 0 Å². The zero-order valence-corrected chi connectivity index (χ0v) is 13.7. The van der Waals surface area contributed by atoms with Crippen molar-refractivity contribution in [3.63, 3.8) is 0 Å². The normalized spacial score (nSPS) is 25.5. The number of amides is 1. The van der Waals surface area contributed by atoms with Crippen molar-refractivity contribution in [2.75, 3.05) is 19.6 Å². The van der Waals surface area contributed by atoms with Gasteiger partial charge >= 0.3 is 0 Å². The first-order valence-electron chi connectivity index (χ1n) is 8.72. The van der Waals surface area contributed by atoms with Gasteiger partial charge in [-0.1, -0.05) is 26.2 Å². The summed E-state index contributed by atoms with van der Waals surface area (Å²) < 4.78 is 0. The van der Waals surface area contributed by atoms with Gasteiger partial charge in [0, 0.05) is 12.6 Å². The van der Waals surface area contributed by atoms with Crippen molar-refractivity contribution in [2.45, 2.75) is 76.9 Å². The number of rotatable bonds is 5. The molecule has 2 N–H and O–H groups in total. The Bertz CT molecular complexity index is 332. The number of piperidine rings is 1. The van der Waals surface area contributed by atoms with Crippen LogP contribution in [0.4, 0.5) is 0 Å². The van der Waals surface area contributed by atoms with Crippen molar-refractivity contribution >= 4 is 5.91 Å². The van der Waals surface area contributed by atoms with Gasteiger partial charge in [0.1, 0.15) is 0 Å². The SMILES string of the molecule is CC1CCN(C(C)CNC(=O)CC2(O)CCCCC2)CC1. The number of carbonyl (C=O) groups is 1. The molecule has 0 radical (unpaired) electrons. The summed E-state index contributed by atoms with van der Waals surface area (Å²) in [5, 5.41) is 13.4. The number of carbonyl (C=O) groups excluding carboxylic acids is 1. The van der Waals surface area contributed by atoms with Crippen LogP contribution in [-0.2, 0) is 4.79 Å². The fraction of sp³-hybridized carbons (Fsp3) is 0.941. The molecule has 1 aliphatic heterocycles. The Hall–Kier alpha value is -0.610. The van der Waals surface area contributed by atoms with Crippen LogP contribution in [0.3, 0.4) is 0 Å². The molecule has 1 heterocycles. The molecule has 1 atom stereocenters. The topological polar surface area (TPSA) is 52.6 Å². The van der Waals surface area contributed by atoms with Crippen LogP contribution in [0.2, 0.25) is 0 Å². The molecular weight excluding hydrogens is 264 g/mol. The van der Waals surface area contributed by atoms with Crippen LogP contribution in [0.25, 0.3) is 0 Å². The summed E-state index contributed by atoms with van der Waals surface area (Å²) in [6.07, 6.45) is 7.64. The van der Waals surface area contributed by atoms with Gasteiger partial charge in [-0.15, -0.1) is 0 Å². The highest BCUT2D eigenvalue weighted by Gasteiger charge is 2.31. The van der Waals surface area contributed by atoms with E-state index in [2.05, 4.69) is 24.1 Å². The van der Waals surface area contributed by atoms with Crippen LogP contribution in [0.15, 0.2) is 0 Å². The van der Waals surface area contributed by atoms with Crippen LogP contribution in [0, 0.1) is 5.92 Å². The molecule has 2 fully saturated rings. The highest BCUT2D eigenvalue weighted by atomic mass is 16.3. The van der Waals surface area contributed by atoms with E-state index in [9.17, 15) is 9.90 Å². The van der Waals surface area contributed by atoms with E-state index in [-0.39, 0.29) is 12.3 Å². The minimum Gasteiger partial charge on any atom is -0.389 e. The van der Waals surface area contributed by atoms with Crippen molar-refractivity contribution in [2.24, 2.45) is 5.92 Å². The van der Waals surface area contributed by atoms with E-state index in [1.54, 1.807) is 0 Å². The molecule has 1 amide bonds. The Morgan fingerprint density at radius 1 is 1.29 bits per heavy atom. The summed E-state index contributed by atoms with van der Waals surface area (Å²) in [4.78, 5) is 14.5. The molecule has 4 heteroatoms. The van der Waals surface area contributed by atoms with E-state index in [1.165, 1.54) is 19.3 Å². The molecule has 122 valence electrons. The molecular formula is C17H32N2O2. The Kier molecular flexibility index (Phi) is 6.06. The van der Waals surface area contributed by atoms with Crippen molar-refractivity contribution in [3.05, 3.63) is 0 Å². The van der Waals surface area contributed by atoms with Gasteiger partial charge in [-0.2, -0.15) is 0 Å². The Morgan fingerprint density at radius 3 is 2.52 bits per heavy atom. The number of aliphatic hydroxyl groups is 1. The summed E-state index contributed by atoms with van der Waals surface area (Å²) in [5.74, 6) is 0.847. The van der Waals surface area contributed by atoms with E-state index in [1.807, 2.05) is 0 Å². The van der Waals surface area contributed by atoms with Crippen molar-refractivity contribution in [1.82, 2.24) is 10.2 Å². The summed E-state index contributed by atoms with van der Waals surface area (Å²) >= 11 is 0. The molecule has 0 bridgehead atoms. The number of hydrogen-bond donors (Lipinski definition) is 2. The second-order valence-corrected chi connectivity index (χ2v) is 7.33. The lowest BCUT2D eigenvalue weighted by atomic mass is 9.82. The highest BCUT2D eigenvalue weighted by Crippen LogP contribution is 2.30. The van der Waals surface area contributed by atoms with Crippen molar-refractivity contribution < 1.29 is 9.90 Å². The first-order valence-corrected chi connectivity index (χ1v) is 8.72. The maximum absolute atomic E-state index is 12.1. The molecule has 1 saturated heterocycles. The third kappa shape index (κ3) is 5.26. The third-order valence-corrected chi connectivity index (χ3v) is 5.31. The van der Waals surface area contributed by atoms with E-state index in [0.717, 1.165) is 44.7 Å². The van der Waals surface area contributed by atoms with Gasteiger partial charge in [-0.05, 0) is 51.6 Å². The zero-order valence-electron chi connectivity index (χ0n) is 13.7. The standard InChI is InChI=1S/C17H32N2O2/c1-14-6-10-19(11-7-14)15(2)13-18-16(20)12-17(21)8-4-3-5-9-17/h14-15,21H,3-13H2,1-2H3,(H,18,20). The molecule has 2 rings (SSSR count). The number of nitrogens with zero attached hydrogens (tertiary/aromatic N) is 1. The second-order valence-electron chi connectivity index (χ2n) is 7.33. The lowest BCUT2D eigenvalue weighted by Crippen LogP contribution is -2.47. The second kappa shape index (κ2) is 7.59. The van der Waals surface area contributed by atoms with Gasteiger partial charge in [-0.3, -0.25) is 9.69 Å². The molecule has 0 aromatic rings. The quantitative estimate of drug-likeness (QED) is 0.818. The van der Waals surface area contributed by atoms with Gasteiger partial charge < -0.3 is 10.4 Å². The van der Waals surface area contributed by atoms with Crippen LogP contribution >= 0.6 is 0 Å². The van der Waals surface area contributed by atoms with Crippen LogP contribution in [0.5, 0.6) is 0 Å². The summed E-state index contributed by atoms with van der Waals surface area (Å²) in [5.41, 5.74) is -0.744. The van der Waals surface area contributed by atoms with Gasteiger partial charge in [0.2, 0.25) is 5.91 Å².